The van der Waals surface area contributed by atoms with Crippen molar-refractivity contribution in [2.75, 3.05) is 6.54 Å². The number of benzene rings is 1. The summed E-state index contributed by atoms with van der Waals surface area (Å²) >= 11 is 1.62. The van der Waals surface area contributed by atoms with Crippen molar-refractivity contribution in [3.63, 3.8) is 0 Å². The lowest BCUT2D eigenvalue weighted by Gasteiger charge is -2.27. The first-order valence-corrected chi connectivity index (χ1v) is 9.90. The summed E-state index contributed by atoms with van der Waals surface area (Å²) in [4.78, 5) is 16.0. The van der Waals surface area contributed by atoms with Crippen LogP contribution in [0.4, 0.5) is 0 Å². The predicted octanol–water partition coefficient (Wildman–Crippen LogP) is 4.48. The minimum absolute atomic E-state index is 0.130. The van der Waals surface area contributed by atoms with Gasteiger partial charge >= 0.3 is 0 Å². The Morgan fingerprint density at radius 2 is 2.00 bits per heavy atom. The van der Waals surface area contributed by atoms with Crippen LogP contribution in [0.15, 0.2) is 52.3 Å². The van der Waals surface area contributed by atoms with Crippen molar-refractivity contribution in [3.05, 3.63) is 58.6 Å². The molecule has 4 rings (SSSR count). The van der Waals surface area contributed by atoms with Crippen LogP contribution in [0.2, 0.25) is 0 Å². The number of thiophene rings is 1. The number of hydrogen-bond acceptors (Lipinski definition) is 5. The number of carbonyl (C=O) groups is 1. The van der Waals surface area contributed by atoms with Crippen molar-refractivity contribution >= 4 is 17.2 Å². The van der Waals surface area contributed by atoms with Crippen LogP contribution < -0.4 is 0 Å². The summed E-state index contributed by atoms with van der Waals surface area (Å²) in [5, 5.41) is 10.5. The molecule has 1 atom stereocenters. The largest absolute Gasteiger partial charge is 0.418 e. The molecule has 3 aromatic rings. The number of aromatic nitrogens is 2. The summed E-state index contributed by atoms with van der Waals surface area (Å²) in [5.74, 6) is 1.19. The van der Waals surface area contributed by atoms with Crippen molar-refractivity contribution in [2.45, 2.75) is 38.1 Å². The molecule has 0 saturated carbocycles. The Labute approximate surface area is 156 Å². The third-order valence-corrected chi connectivity index (χ3v) is 5.60. The lowest BCUT2D eigenvalue weighted by Crippen LogP contribution is -2.36. The van der Waals surface area contributed by atoms with Gasteiger partial charge in [0.05, 0.1) is 6.42 Å². The second kappa shape index (κ2) is 7.83. The summed E-state index contributed by atoms with van der Waals surface area (Å²) in [6.45, 7) is 0.748. The molecule has 3 heterocycles. The predicted molar refractivity (Wildman–Crippen MR) is 101 cm³/mol. The summed E-state index contributed by atoms with van der Waals surface area (Å²) in [6.07, 6.45) is 4.52. The molecule has 0 radical (unpaired) electrons. The molecule has 1 fully saturated rings. The van der Waals surface area contributed by atoms with E-state index in [1.165, 1.54) is 0 Å². The van der Waals surface area contributed by atoms with Gasteiger partial charge < -0.3 is 9.32 Å². The molecular formula is C20H21N3O2S. The molecule has 1 aliphatic rings. The van der Waals surface area contributed by atoms with E-state index in [4.69, 9.17) is 4.42 Å². The fraction of sp³-hybridized carbons (Fsp3) is 0.350. The van der Waals surface area contributed by atoms with Crippen molar-refractivity contribution in [1.82, 2.24) is 15.1 Å². The Morgan fingerprint density at radius 1 is 1.12 bits per heavy atom. The maximum atomic E-state index is 12.9. The van der Waals surface area contributed by atoms with Crippen LogP contribution in [0.25, 0.3) is 11.5 Å². The summed E-state index contributed by atoms with van der Waals surface area (Å²) < 4.78 is 5.97. The zero-order chi connectivity index (χ0) is 17.8. The topological polar surface area (TPSA) is 59.2 Å². The van der Waals surface area contributed by atoms with E-state index in [0.29, 0.717) is 18.2 Å². The zero-order valence-electron chi connectivity index (χ0n) is 14.5. The minimum Gasteiger partial charge on any atom is -0.418 e. The van der Waals surface area contributed by atoms with Crippen molar-refractivity contribution in [3.8, 4) is 11.5 Å². The summed E-state index contributed by atoms with van der Waals surface area (Å²) in [6, 6.07) is 13.6. The highest BCUT2D eigenvalue weighted by molar-refractivity contribution is 7.10. The van der Waals surface area contributed by atoms with Crippen LogP contribution in [0.5, 0.6) is 0 Å². The van der Waals surface area contributed by atoms with Crippen molar-refractivity contribution < 1.29 is 9.21 Å². The molecule has 0 aliphatic carbocycles. The third kappa shape index (κ3) is 3.70. The molecule has 0 spiro atoms. The van der Waals surface area contributed by atoms with Gasteiger partial charge in [-0.25, -0.2) is 0 Å². The van der Waals surface area contributed by atoms with Crippen LogP contribution in [0, 0.1) is 0 Å². The van der Waals surface area contributed by atoms with Gasteiger partial charge in [-0.05, 0) is 36.4 Å². The molecule has 1 amide bonds. The van der Waals surface area contributed by atoms with Gasteiger partial charge in [-0.1, -0.05) is 37.1 Å². The normalized spacial score (nSPS) is 17.8. The molecule has 1 saturated heterocycles. The molecule has 5 nitrogen and oxygen atoms in total. The Hall–Kier alpha value is -2.47. The van der Waals surface area contributed by atoms with Gasteiger partial charge in [0.2, 0.25) is 17.7 Å². The average molecular weight is 367 g/mol. The maximum absolute atomic E-state index is 12.9. The summed E-state index contributed by atoms with van der Waals surface area (Å²) in [5.41, 5.74) is 0.899. The molecule has 1 unspecified atom stereocenters. The second-order valence-corrected chi connectivity index (χ2v) is 7.55. The van der Waals surface area contributed by atoms with Crippen LogP contribution in [0.3, 0.4) is 0 Å². The van der Waals surface area contributed by atoms with E-state index in [2.05, 4.69) is 10.2 Å². The lowest BCUT2D eigenvalue weighted by atomic mass is 10.1. The molecule has 1 aromatic carbocycles. The number of hydrogen-bond donors (Lipinski definition) is 0. The lowest BCUT2D eigenvalue weighted by molar-refractivity contribution is -0.133. The highest BCUT2D eigenvalue weighted by atomic mass is 32.1. The van der Waals surface area contributed by atoms with Gasteiger partial charge in [0.15, 0.2) is 0 Å². The molecule has 26 heavy (non-hydrogen) atoms. The van der Waals surface area contributed by atoms with Gasteiger partial charge in [0, 0.05) is 17.0 Å². The molecular weight excluding hydrogens is 346 g/mol. The number of nitrogens with zero attached hydrogens (tertiary/aromatic N) is 3. The van der Waals surface area contributed by atoms with Gasteiger partial charge in [-0.2, -0.15) is 0 Å². The van der Waals surface area contributed by atoms with Crippen molar-refractivity contribution in [2.24, 2.45) is 0 Å². The number of likely N-dealkylation sites (tertiary alicyclic amines) is 1. The van der Waals surface area contributed by atoms with E-state index in [1.807, 2.05) is 52.7 Å². The van der Waals surface area contributed by atoms with Crippen LogP contribution in [0.1, 0.15) is 42.5 Å². The SMILES string of the molecule is O=C(Cc1cccs1)N1CCCCCC1c1nnc(-c2ccccc2)o1. The molecule has 2 aromatic heterocycles. The highest BCUT2D eigenvalue weighted by Gasteiger charge is 2.31. The van der Waals surface area contributed by atoms with E-state index in [1.54, 1.807) is 11.3 Å². The average Bonchev–Trinajstić information content (AvgIpc) is 3.30. The third-order valence-electron chi connectivity index (χ3n) is 4.73. The zero-order valence-corrected chi connectivity index (χ0v) is 15.3. The van der Waals surface area contributed by atoms with E-state index >= 15 is 0 Å². The molecule has 134 valence electrons. The first kappa shape index (κ1) is 17.0. The monoisotopic (exact) mass is 367 g/mol. The second-order valence-electron chi connectivity index (χ2n) is 6.52. The maximum Gasteiger partial charge on any atom is 0.247 e. The Bertz CT molecular complexity index is 845. The van der Waals surface area contributed by atoms with Gasteiger partial charge in [0.25, 0.3) is 0 Å². The molecule has 0 N–H and O–H groups in total. The first-order valence-electron chi connectivity index (χ1n) is 9.02. The fourth-order valence-electron chi connectivity index (χ4n) is 3.39. The van der Waals surface area contributed by atoms with E-state index < -0.39 is 0 Å². The van der Waals surface area contributed by atoms with E-state index in [0.717, 1.165) is 42.7 Å². The highest BCUT2D eigenvalue weighted by Crippen LogP contribution is 2.31. The number of amides is 1. The standard InChI is InChI=1S/C20H21N3O2S/c24-18(14-16-10-7-13-26-16)23-12-6-2-5-11-17(23)20-22-21-19(25-20)15-8-3-1-4-9-15/h1,3-4,7-10,13,17H,2,5-6,11-12,14H2. The first-order chi connectivity index (χ1) is 12.8. The van der Waals surface area contributed by atoms with Gasteiger partial charge in [-0.3, -0.25) is 4.79 Å². The van der Waals surface area contributed by atoms with E-state index in [9.17, 15) is 4.79 Å². The smallest absolute Gasteiger partial charge is 0.247 e. The Morgan fingerprint density at radius 3 is 2.81 bits per heavy atom. The van der Waals surface area contributed by atoms with Crippen molar-refractivity contribution in [1.29, 1.82) is 0 Å². The Balaban J connectivity index is 1.57. The van der Waals surface area contributed by atoms with E-state index in [-0.39, 0.29) is 11.9 Å². The quantitative estimate of drug-likeness (QED) is 0.682. The summed E-state index contributed by atoms with van der Waals surface area (Å²) in [7, 11) is 0. The van der Waals surface area contributed by atoms with Gasteiger partial charge in [0.1, 0.15) is 6.04 Å². The number of rotatable bonds is 4. The molecule has 6 heteroatoms. The van der Waals surface area contributed by atoms with Crippen LogP contribution in [-0.4, -0.2) is 27.5 Å². The minimum atomic E-state index is -0.130. The molecule has 0 bridgehead atoms. The number of carbonyl (C=O) groups excluding carboxylic acids is 1. The van der Waals surface area contributed by atoms with Crippen LogP contribution >= 0.6 is 11.3 Å². The Kier molecular flexibility index (Phi) is 5.11. The molecule has 1 aliphatic heterocycles. The fourth-order valence-corrected chi connectivity index (χ4v) is 4.09. The van der Waals surface area contributed by atoms with Gasteiger partial charge in [-0.15, -0.1) is 21.5 Å². The van der Waals surface area contributed by atoms with Crippen LogP contribution in [-0.2, 0) is 11.2 Å².